The maximum absolute atomic E-state index is 10.4. The molecule has 0 bridgehead atoms. The maximum atomic E-state index is 10.4. The van der Waals surface area contributed by atoms with Crippen molar-refractivity contribution in [3.05, 3.63) is 23.7 Å². The molecule has 1 aromatic rings. The zero-order valence-electron chi connectivity index (χ0n) is 6.67. The number of hydrogen-bond acceptors (Lipinski definition) is 2. The van der Waals surface area contributed by atoms with E-state index in [0.29, 0.717) is 5.76 Å². The van der Waals surface area contributed by atoms with Gasteiger partial charge in [0.25, 0.3) is 0 Å². The van der Waals surface area contributed by atoms with E-state index in [1.807, 2.05) is 6.07 Å². The fourth-order valence-corrected chi connectivity index (χ4v) is 1.02. The molecule has 60 valence electrons. The van der Waals surface area contributed by atoms with E-state index in [1.54, 1.807) is 6.26 Å². The lowest BCUT2D eigenvalue weighted by atomic mass is 10.1. The van der Waals surface area contributed by atoms with Gasteiger partial charge in [0.15, 0.2) is 12.0 Å². The van der Waals surface area contributed by atoms with Crippen molar-refractivity contribution in [2.24, 2.45) is 0 Å². The van der Waals surface area contributed by atoms with Crippen LogP contribution in [-0.4, -0.2) is 6.29 Å². The molecule has 0 spiro atoms. The molecule has 0 aromatic carbocycles. The number of unbranched alkanes of at least 4 members (excludes halogenated alkanes) is 1. The van der Waals surface area contributed by atoms with Crippen molar-refractivity contribution in [3.63, 3.8) is 0 Å². The van der Waals surface area contributed by atoms with Crippen LogP contribution in [0.5, 0.6) is 0 Å². The monoisotopic (exact) mass is 152 g/mol. The van der Waals surface area contributed by atoms with Gasteiger partial charge in [-0.15, -0.1) is 0 Å². The van der Waals surface area contributed by atoms with Crippen LogP contribution in [0.1, 0.15) is 35.9 Å². The first-order chi connectivity index (χ1) is 5.38. The molecular formula is C9H12O2. The number of aldehydes is 1. The van der Waals surface area contributed by atoms with E-state index < -0.39 is 0 Å². The summed E-state index contributed by atoms with van der Waals surface area (Å²) in [5.41, 5.74) is 1.03. The third kappa shape index (κ3) is 1.93. The minimum absolute atomic E-state index is 0.485. The first-order valence-electron chi connectivity index (χ1n) is 3.90. The SMILES string of the molecule is CCCCc1ccoc1C=O. The van der Waals surface area contributed by atoms with E-state index in [2.05, 4.69) is 6.92 Å². The van der Waals surface area contributed by atoms with Gasteiger partial charge in [0.1, 0.15) is 0 Å². The third-order valence-corrected chi connectivity index (χ3v) is 1.69. The van der Waals surface area contributed by atoms with E-state index in [1.165, 1.54) is 0 Å². The summed E-state index contributed by atoms with van der Waals surface area (Å²) in [6, 6.07) is 1.86. The second kappa shape index (κ2) is 3.96. The predicted octanol–water partition coefficient (Wildman–Crippen LogP) is 2.43. The molecular weight excluding hydrogens is 140 g/mol. The Kier molecular flexibility index (Phi) is 2.90. The Morgan fingerprint density at radius 3 is 3.09 bits per heavy atom. The van der Waals surface area contributed by atoms with Crippen LogP contribution < -0.4 is 0 Å². The van der Waals surface area contributed by atoms with Crippen LogP contribution in [0.4, 0.5) is 0 Å². The second-order valence-electron chi connectivity index (χ2n) is 2.53. The van der Waals surface area contributed by atoms with Crippen molar-refractivity contribution >= 4 is 6.29 Å². The fraction of sp³-hybridized carbons (Fsp3) is 0.444. The van der Waals surface area contributed by atoms with E-state index in [-0.39, 0.29) is 0 Å². The standard InChI is InChI=1S/C9H12O2/c1-2-3-4-8-5-6-11-9(8)7-10/h5-7H,2-4H2,1H3. The third-order valence-electron chi connectivity index (χ3n) is 1.69. The fourth-order valence-electron chi connectivity index (χ4n) is 1.02. The van der Waals surface area contributed by atoms with Gasteiger partial charge in [-0.2, -0.15) is 0 Å². The molecule has 1 heterocycles. The molecule has 0 aliphatic heterocycles. The van der Waals surface area contributed by atoms with E-state index in [9.17, 15) is 4.79 Å². The van der Waals surface area contributed by atoms with Crippen molar-refractivity contribution in [1.29, 1.82) is 0 Å². The molecule has 2 nitrogen and oxygen atoms in total. The van der Waals surface area contributed by atoms with Crippen molar-refractivity contribution in [2.75, 3.05) is 0 Å². The smallest absolute Gasteiger partial charge is 0.185 e. The number of carbonyl (C=O) groups excluding carboxylic acids is 1. The van der Waals surface area contributed by atoms with Crippen LogP contribution in [-0.2, 0) is 6.42 Å². The number of hydrogen-bond donors (Lipinski definition) is 0. The van der Waals surface area contributed by atoms with E-state index >= 15 is 0 Å². The van der Waals surface area contributed by atoms with Crippen molar-refractivity contribution in [2.45, 2.75) is 26.2 Å². The highest BCUT2D eigenvalue weighted by Gasteiger charge is 2.02. The van der Waals surface area contributed by atoms with Gasteiger partial charge in [-0.3, -0.25) is 4.79 Å². The molecule has 11 heavy (non-hydrogen) atoms. The average molecular weight is 152 g/mol. The highest BCUT2D eigenvalue weighted by molar-refractivity contribution is 5.72. The molecule has 0 atom stereocenters. The normalized spacial score (nSPS) is 9.91. The summed E-state index contributed by atoms with van der Waals surface area (Å²) < 4.78 is 4.94. The van der Waals surface area contributed by atoms with Crippen LogP contribution in [0.25, 0.3) is 0 Å². The molecule has 0 saturated carbocycles. The lowest BCUT2D eigenvalue weighted by Crippen LogP contribution is -1.86. The molecule has 0 unspecified atom stereocenters. The number of furan rings is 1. The van der Waals surface area contributed by atoms with E-state index in [4.69, 9.17) is 4.42 Å². The summed E-state index contributed by atoms with van der Waals surface area (Å²) in [6.45, 7) is 2.13. The zero-order valence-corrected chi connectivity index (χ0v) is 6.67. The van der Waals surface area contributed by atoms with E-state index in [0.717, 1.165) is 31.1 Å². The molecule has 0 fully saturated rings. The van der Waals surface area contributed by atoms with Crippen molar-refractivity contribution in [3.8, 4) is 0 Å². The van der Waals surface area contributed by atoms with Crippen LogP contribution in [0.3, 0.4) is 0 Å². The number of aryl methyl sites for hydroxylation is 1. The maximum Gasteiger partial charge on any atom is 0.185 e. The summed E-state index contributed by atoms with van der Waals surface area (Å²) >= 11 is 0. The summed E-state index contributed by atoms with van der Waals surface area (Å²) in [6.07, 6.45) is 5.53. The molecule has 0 N–H and O–H groups in total. The van der Waals surface area contributed by atoms with Crippen LogP contribution in [0, 0.1) is 0 Å². The summed E-state index contributed by atoms with van der Waals surface area (Å²) in [7, 11) is 0. The van der Waals surface area contributed by atoms with Crippen LogP contribution in [0.2, 0.25) is 0 Å². The Balaban J connectivity index is 2.61. The Bertz CT molecular complexity index is 225. The number of rotatable bonds is 4. The molecule has 0 amide bonds. The predicted molar refractivity (Wildman–Crippen MR) is 42.7 cm³/mol. The molecule has 1 aromatic heterocycles. The Morgan fingerprint density at radius 1 is 1.64 bits per heavy atom. The average Bonchev–Trinajstić information content (AvgIpc) is 2.47. The Hall–Kier alpha value is -1.05. The van der Waals surface area contributed by atoms with Gasteiger partial charge in [0.2, 0.25) is 0 Å². The van der Waals surface area contributed by atoms with Crippen LogP contribution in [0.15, 0.2) is 16.7 Å². The zero-order chi connectivity index (χ0) is 8.10. The minimum atomic E-state index is 0.485. The van der Waals surface area contributed by atoms with Gasteiger partial charge in [-0.05, 0) is 18.9 Å². The number of carbonyl (C=O) groups is 1. The lowest BCUT2D eigenvalue weighted by Gasteiger charge is -1.93. The molecule has 0 aliphatic carbocycles. The van der Waals surface area contributed by atoms with Gasteiger partial charge in [-0.1, -0.05) is 13.3 Å². The first kappa shape index (κ1) is 8.05. The molecule has 0 aliphatic rings. The van der Waals surface area contributed by atoms with Crippen molar-refractivity contribution in [1.82, 2.24) is 0 Å². The van der Waals surface area contributed by atoms with Gasteiger partial charge < -0.3 is 4.42 Å². The van der Waals surface area contributed by atoms with Crippen LogP contribution >= 0.6 is 0 Å². The molecule has 2 heteroatoms. The highest BCUT2D eigenvalue weighted by atomic mass is 16.3. The molecule has 0 saturated heterocycles. The van der Waals surface area contributed by atoms with Gasteiger partial charge in [-0.25, -0.2) is 0 Å². The molecule has 1 rings (SSSR count). The van der Waals surface area contributed by atoms with Gasteiger partial charge in [0.05, 0.1) is 6.26 Å². The Labute approximate surface area is 66.2 Å². The first-order valence-corrected chi connectivity index (χ1v) is 3.90. The highest BCUT2D eigenvalue weighted by Crippen LogP contribution is 2.10. The quantitative estimate of drug-likeness (QED) is 0.620. The van der Waals surface area contributed by atoms with Gasteiger partial charge in [0, 0.05) is 5.56 Å². The van der Waals surface area contributed by atoms with Crippen molar-refractivity contribution < 1.29 is 9.21 Å². The Morgan fingerprint density at radius 2 is 2.45 bits per heavy atom. The largest absolute Gasteiger partial charge is 0.461 e. The summed E-state index contributed by atoms with van der Waals surface area (Å²) in [5.74, 6) is 0.485. The topological polar surface area (TPSA) is 30.2 Å². The summed E-state index contributed by atoms with van der Waals surface area (Å²) in [4.78, 5) is 10.4. The lowest BCUT2D eigenvalue weighted by molar-refractivity contribution is 0.109. The van der Waals surface area contributed by atoms with Gasteiger partial charge >= 0.3 is 0 Å². The second-order valence-corrected chi connectivity index (χ2v) is 2.53. The minimum Gasteiger partial charge on any atom is -0.461 e. The summed E-state index contributed by atoms with van der Waals surface area (Å²) in [5, 5.41) is 0. The molecule has 0 radical (unpaired) electrons.